The molecule has 5 heteroatoms. The minimum absolute atomic E-state index is 0.0958. The second-order valence-electron chi connectivity index (χ2n) is 7.43. The number of piperidine rings is 1. The zero-order chi connectivity index (χ0) is 17.9. The average Bonchev–Trinajstić information content (AvgIpc) is 3.02. The van der Waals surface area contributed by atoms with Crippen molar-refractivity contribution in [2.45, 2.75) is 45.1 Å². The third-order valence-corrected chi connectivity index (χ3v) is 5.81. The highest BCUT2D eigenvalue weighted by Crippen LogP contribution is 2.46. The number of amides is 1. The van der Waals surface area contributed by atoms with Gasteiger partial charge in [0.1, 0.15) is 12.4 Å². The smallest absolute Gasteiger partial charge is 0.254 e. The van der Waals surface area contributed by atoms with Crippen LogP contribution in [0, 0.1) is 12.3 Å². The SMILES string of the molecule is CO[C@@H]1CCC[C@]12CCCN(C(=O)c1ccc(C)c(OCCN)c1)C2. The van der Waals surface area contributed by atoms with E-state index in [0.29, 0.717) is 18.7 Å². The van der Waals surface area contributed by atoms with Gasteiger partial charge in [0, 0.05) is 37.7 Å². The summed E-state index contributed by atoms with van der Waals surface area (Å²) in [6, 6.07) is 5.71. The Balaban J connectivity index is 1.76. The van der Waals surface area contributed by atoms with Crippen molar-refractivity contribution >= 4 is 5.91 Å². The summed E-state index contributed by atoms with van der Waals surface area (Å²) in [4.78, 5) is 15.1. The second kappa shape index (κ2) is 7.75. The Bertz CT molecular complexity index is 619. The first-order valence-corrected chi connectivity index (χ1v) is 9.35. The number of ether oxygens (including phenoxy) is 2. The summed E-state index contributed by atoms with van der Waals surface area (Å²) in [5.74, 6) is 0.845. The fourth-order valence-corrected chi connectivity index (χ4v) is 4.52. The van der Waals surface area contributed by atoms with Gasteiger partial charge in [-0.05, 0) is 50.3 Å². The van der Waals surface area contributed by atoms with Gasteiger partial charge in [0.05, 0.1) is 6.10 Å². The molecule has 1 spiro atoms. The van der Waals surface area contributed by atoms with Crippen LogP contribution in [0.2, 0.25) is 0 Å². The molecule has 0 bridgehead atoms. The lowest BCUT2D eigenvalue weighted by Crippen LogP contribution is -2.49. The fourth-order valence-electron chi connectivity index (χ4n) is 4.52. The van der Waals surface area contributed by atoms with E-state index in [2.05, 4.69) is 0 Å². The number of likely N-dealkylation sites (tertiary alicyclic amines) is 1. The van der Waals surface area contributed by atoms with Gasteiger partial charge in [-0.25, -0.2) is 0 Å². The van der Waals surface area contributed by atoms with Crippen molar-refractivity contribution in [2.24, 2.45) is 11.1 Å². The molecule has 2 N–H and O–H groups in total. The topological polar surface area (TPSA) is 64.8 Å². The molecule has 1 saturated carbocycles. The lowest BCUT2D eigenvalue weighted by atomic mass is 9.76. The zero-order valence-corrected chi connectivity index (χ0v) is 15.4. The number of hydrogen-bond donors (Lipinski definition) is 1. The number of carbonyl (C=O) groups is 1. The maximum atomic E-state index is 13.1. The number of methoxy groups -OCH3 is 1. The molecule has 1 aliphatic carbocycles. The van der Waals surface area contributed by atoms with E-state index in [0.717, 1.165) is 50.1 Å². The summed E-state index contributed by atoms with van der Waals surface area (Å²) < 4.78 is 11.4. The molecular weight excluding hydrogens is 316 g/mol. The van der Waals surface area contributed by atoms with Crippen molar-refractivity contribution in [2.75, 3.05) is 33.4 Å². The molecule has 0 unspecified atom stereocenters. The molecular formula is C20H30N2O3. The Hall–Kier alpha value is -1.59. The van der Waals surface area contributed by atoms with Gasteiger partial charge in [-0.15, -0.1) is 0 Å². The summed E-state index contributed by atoms with van der Waals surface area (Å²) in [6.07, 6.45) is 5.96. The van der Waals surface area contributed by atoms with Crippen LogP contribution in [0.25, 0.3) is 0 Å². The summed E-state index contributed by atoms with van der Waals surface area (Å²) in [5, 5.41) is 0. The zero-order valence-electron chi connectivity index (χ0n) is 15.4. The predicted molar refractivity (Wildman–Crippen MR) is 97.9 cm³/mol. The molecule has 1 aromatic carbocycles. The molecule has 1 saturated heterocycles. The van der Waals surface area contributed by atoms with Gasteiger partial charge >= 0.3 is 0 Å². The molecule has 25 heavy (non-hydrogen) atoms. The molecule has 3 rings (SSSR count). The predicted octanol–water partition coefficient (Wildman–Crippen LogP) is 2.75. The second-order valence-corrected chi connectivity index (χ2v) is 7.43. The molecule has 138 valence electrons. The van der Waals surface area contributed by atoms with Gasteiger partial charge in [-0.1, -0.05) is 12.5 Å². The number of hydrogen-bond acceptors (Lipinski definition) is 4. The van der Waals surface area contributed by atoms with E-state index < -0.39 is 0 Å². The molecule has 1 aliphatic heterocycles. The van der Waals surface area contributed by atoms with Crippen LogP contribution in [0.1, 0.15) is 48.0 Å². The minimum atomic E-state index is 0.0958. The highest BCUT2D eigenvalue weighted by Gasteiger charge is 2.46. The van der Waals surface area contributed by atoms with E-state index in [1.807, 2.05) is 30.0 Å². The van der Waals surface area contributed by atoms with Crippen LogP contribution in [-0.2, 0) is 4.74 Å². The van der Waals surface area contributed by atoms with Gasteiger partial charge in [-0.2, -0.15) is 0 Å². The van der Waals surface area contributed by atoms with E-state index in [-0.39, 0.29) is 17.4 Å². The van der Waals surface area contributed by atoms with Gasteiger partial charge in [0.15, 0.2) is 0 Å². The Kier molecular flexibility index (Phi) is 5.64. The number of carbonyl (C=O) groups excluding carboxylic acids is 1. The third kappa shape index (κ3) is 3.67. The monoisotopic (exact) mass is 346 g/mol. The first-order valence-electron chi connectivity index (χ1n) is 9.35. The van der Waals surface area contributed by atoms with E-state index in [9.17, 15) is 4.79 Å². The van der Waals surface area contributed by atoms with Crippen molar-refractivity contribution in [3.05, 3.63) is 29.3 Å². The van der Waals surface area contributed by atoms with Crippen LogP contribution in [-0.4, -0.2) is 50.3 Å². The van der Waals surface area contributed by atoms with Crippen LogP contribution in [0.5, 0.6) is 5.75 Å². The normalized spacial score (nSPS) is 26.2. The van der Waals surface area contributed by atoms with Gasteiger partial charge in [0.2, 0.25) is 0 Å². The van der Waals surface area contributed by atoms with E-state index in [1.165, 1.54) is 6.42 Å². The van der Waals surface area contributed by atoms with Gasteiger partial charge in [0.25, 0.3) is 5.91 Å². The van der Waals surface area contributed by atoms with E-state index in [4.69, 9.17) is 15.2 Å². The van der Waals surface area contributed by atoms with Crippen LogP contribution >= 0.6 is 0 Å². The van der Waals surface area contributed by atoms with Crippen molar-refractivity contribution in [1.29, 1.82) is 0 Å². The minimum Gasteiger partial charge on any atom is -0.492 e. The highest BCUT2D eigenvalue weighted by molar-refractivity contribution is 5.94. The summed E-state index contributed by atoms with van der Waals surface area (Å²) in [6.45, 7) is 4.53. The quantitative estimate of drug-likeness (QED) is 0.890. The van der Waals surface area contributed by atoms with E-state index >= 15 is 0 Å². The molecule has 1 amide bonds. The number of aryl methyl sites for hydroxylation is 1. The maximum absolute atomic E-state index is 13.1. The standard InChI is InChI=1S/C20H30N2O3/c1-15-6-7-16(13-17(15)25-12-10-21)19(23)22-11-4-9-20(14-22)8-3-5-18(20)24-2/h6-7,13,18H,3-5,8-12,14,21H2,1-2H3/t18-,20-/m1/s1. The molecule has 5 nitrogen and oxygen atoms in total. The largest absolute Gasteiger partial charge is 0.492 e. The van der Waals surface area contributed by atoms with Crippen molar-refractivity contribution in [1.82, 2.24) is 4.90 Å². The summed E-state index contributed by atoms with van der Waals surface area (Å²) in [7, 11) is 1.81. The van der Waals surface area contributed by atoms with Gasteiger partial charge < -0.3 is 20.1 Å². The van der Waals surface area contributed by atoms with Crippen LogP contribution in [0.15, 0.2) is 18.2 Å². The first kappa shape index (κ1) is 18.2. The third-order valence-electron chi connectivity index (χ3n) is 5.81. The lowest BCUT2D eigenvalue weighted by Gasteiger charge is -2.43. The molecule has 0 aromatic heterocycles. The number of rotatable bonds is 5. The average molecular weight is 346 g/mol. The molecule has 0 radical (unpaired) electrons. The molecule has 1 heterocycles. The summed E-state index contributed by atoms with van der Waals surface area (Å²) in [5.41, 5.74) is 7.39. The number of nitrogens with two attached hydrogens (primary N) is 1. The van der Waals surface area contributed by atoms with Crippen LogP contribution in [0.3, 0.4) is 0 Å². The van der Waals surface area contributed by atoms with Crippen molar-refractivity contribution < 1.29 is 14.3 Å². The van der Waals surface area contributed by atoms with Gasteiger partial charge in [-0.3, -0.25) is 4.79 Å². The highest BCUT2D eigenvalue weighted by atomic mass is 16.5. The first-order chi connectivity index (χ1) is 12.1. The van der Waals surface area contributed by atoms with Crippen molar-refractivity contribution in [3.63, 3.8) is 0 Å². The number of nitrogens with zero attached hydrogens (tertiary/aromatic N) is 1. The van der Waals surface area contributed by atoms with Crippen LogP contribution in [0.4, 0.5) is 0 Å². The number of benzene rings is 1. The Labute approximate surface area is 150 Å². The Morgan fingerprint density at radius 3 is 2.92 bits per heavy atom. The molecule has 2 fully saturated rings. The Morgan fingerprint density at radius 1 is 1.36 bits per heavy atom. The summed E-state index contributed by atoms with van der Waals surface area (Å²) >= 11 is 0. The Morgan fingerprint density at radius 2 is 2.16 bits per heavy atom. The molecule has 2 atom stereocenters. The van der Waals surface area contributed by atoms with Crippen LogP contribution < -0.4 is 10.5 Å². The molecule has 2 aliphatic rings. The van der Waals surface area contributed by atoms with E-state index in [1.54, 1.807) is 7.11 Å². The fraction of sp³-hybridized carbons (Fsp3) is 0.650. The van der Waals surface area contributed by atoms with Crippen molar-refractivity contribution in [3.8, 4) is 5.75 Å². The lowest BCUT2D eigenvalue weighted by molar-refractivity contribution is -0.0295. The maximum Gasteiger partial charge on any atom is 0.254 e. The molecule has 1 aromatic rings.